The Morgan fingerprint density at radius 1 is 1.44 bits per heavy atom. The van der Waals surface area contributed by atoms with Gasteiger partial charge in [-0.1, -0.05) is 23.8 Å². The van der Waals surface area contributed by atoms with Gasteiger partial charge in [0, 0.05) is 19.1 Å². The Balaban J connectivity index is 0.00000162. The van der Waals surface area contributed by atoms with Crippen molar-refractivity contribution in [2.75, 3.05) is 13.1 Å². The van der Waals surface area contributed by atoms with Gasteiger partial charge in [0.1, 0.15) is 0 Å². The maximum Gasteiger partial charge on any atom is 0.227 e. The average Bonchev–Trinajstić information content (AvgIpc) is 2.70. The number of hydrogen-bond donors (Lipinski definition) is 1. The Labute approximate surface area is 115 Å². The second kappa shape index (κ2) is 6.21. The third-order valence-electron chi connectivity index (χ3n) is 3.42. The number of halogens is 1. The molecule has 2 N–H and O–H groups in total. The van der Waals surface area contributed by atoms with Crippen molar-refractivity contribution < 1.29 is 4.79 Å². The van der Waals surface area contributed by atoms with Crippen LogP contribution in [0.2, 0.25) is 0 Å². The molecule has 1 saturated heterocycles. The topological polar surface area (TPSA) is 46.3 Å². The van der Waals surface area contributed by atoms with Gasteiger partial charge in [0.05, 0.1) is 6.42 Å². The number of benzene rings is 1. The van der Waals surface area contributed by atoms with Crippen LogP contribution >= 0.6 is 12.4 Å². The first-order chi connectivity index (χ1) is 8.06. The lowest BCUT2D eigenvalue weighted by molar-refractivity contribution is -0.129. The van der Waals surface area contributed by atoms with Crippen LogP contribution in [0.1, 0.15) is 23.1 Å². The van der Waals surface area contributed by atoms with Gasteiger partial charge in [-0.3, -0.25) is 4.79 Å². The molecule has 2 rings (SSSR count). The Kier molecular flexibility index (Phi) is 5.17. The van der Waals surface area contributed by atoms with Crippen LogP contribution in [-0.2, 0) is 11.2 Å². The highest BCUT2D eigenvalue weighted by Gasteiger charge is 2.23. The quantitative estimate of drug-likeness (QED) is 0.890. The van der Waals surface area contributed by atoms with Crippen molar-refractivity contribution in [3.05, 3.63) is 34.9 Å². The van der Waals surface area contributed by atoms with Gasteiger partial charge in [0.15, 0.2) is 0 Å². The van der Waals surface area contributed by atoms with E-state index in [0.717, 1.165) is 18.5 Å². The number of carbonyl (C=O) groups excluding carboxylic acids is 1. The molecule has 4 heteroatoms. The minimum Gasteiger partial charge on any atom is -0.341 e. The molecule has 0 aliphatic carbocycles. The monoisotopic (exact) mass is 268 g/mol. The van der Waals surface area contributed by atoms with E-state index in [2.05, 4.69) is 32.0 Å². The van der Waals surface area contributed by atoms with E-state index in [1.807, 2.05) is 4.90 Å². The summed E-state index contributed by atoms with van der Waals surface area (Å²) in [6.45, 7) is 5.63. The van der Waals surface area contributed by atoms with E-state index in [-0.39, 0.29) is 24.4 Å². The maximum atomic E-state index is 12.1. The Morgan fingerprint density at radius 3 is 2.78 bits per heavy atom. The zero-order chi connectivity index (χ0) is 12.4. The number of carbonyl (C=O) groups is 1. The van der Waals surface area contributed by atoms with Crippen molar-refractivity contribution in [1.82, 2.24) is 4.90 Å². The number of aryl methyl sites for hydroxylation is 2. The summed E-state index contributed by atoms with van der Waals surface area (Å²) in [5.41, 5.74) is 9.34. The lowest BCUT2D eigenvalue weighted by atomic mass is 10.0. The highest BCUT2D eigenvalue weighted by Crippen LogP contribution is 2.14. The number of nitrogens with zero attached hydrogens (tertiary/aromatic N) is 1. The lowest BCUT2D eigenvalue weighted by Gasteiger charge is -2.16. The normalized spacial score (nSPS) is 18.6. The molecular formula is C14H21ClN2O. The van der Waals surface area contributed by atoms with Crippen molar-refractivity contribution in [2.45, 2.75) is 32.7 Å². The number of rotatable bonds is 2. The molecule has 1 amide bonds. The fourth-order valence-electron chi connectivity index (χ4n) is 2.28. The van der Waals surface area contributed by atoms with Gasteiger partial charge in [-0.05, 0) is 31.4 Å². The standard InChI is InChI=1S/C14H20N2O.ClH/c1-10-3-4-11(2)12(7-10)8-14(17)16-6-5-13(15)9-16;/h3-4,7,13H,5-6,8-9,15H2,1-2H3;1H. The summed E-state index contributed by atoms with van der Waals surface area (Å²) in [6, 6.07) is 6.42. The van der Waals surface area contributed by atoms with Gasteiger partial charge >= 0.3 is 0 Å². The predicted molar refractivity (Wildman–Crippen MR) is 76.0 cm³/mol. The largest absolute Gasteiger partial charge is 0.341 e. The zero-order valence-corrected chi connectivity index (χ0v) is 11.8. The number of likely N-dealkylation sites (tertiary alicyclic amines) is 1. The molecule has 1 aliphatic rings. The summed E-state index contributed by atoms with van der Waals surface area (Å²) in [4.78, 5) is 14.0. The Morgan fingerprint density at radius 2 is 2.17 bits per heavy atom. The minimum atomic E-state index is 0. The van der Waals surface area contributed by atoms with Gasteiger partial charge in [0.25, 0.3) is 0 Å². The van der Waals surface area contributed by atoms with E-state index in [4.69, 9.17) is 5.73 Å². The molecule has 1 unspecified atom stereocenters. The molecule has 1 aliphatic heterocycles. The first-order valence-electron chi connectivity index (χ1n) is 6.16. The molecular weight excluding hydrogens is 248 g/mol. The fraction of sp³-hybridized carbons (Fsp3) is 0.500. The van der Waals surface area contributed by atoms with E-state index in [1.165, 1.54) is 11.1 Å². The number of nitrogens with two attached hydrogens (primary N) is 1. The summed E-state index contributed by atoms with van der Waals surface area (Å²) in [5.74, 6) is 0.201. The third-order valence-corrected chi connectivity index (χ3v) is 3.42. The van der Waals surface area contributed by atoms with E-state index in [0.29, 0.717) is 13.0 Å². The van der Waals surface area contributed by atoms with Crippen molar-refractivity contribution in [2.24, 2.45) is 5.73 Å². The smallest absolute Gasteiger partial charge is 0.227 e. The Bertz CT molecular complexity index is 434. The van der Waals surface area contributed by atoms with Crippen molar-refractivity contribution in [3.8, 4) is 0 Å². The van der Waals surface area contributed by atoms with Crippen LogP contribution < -0.4 is 5.73 Å². The van der Waals surface area contributed by atoms with Gasteiger partial charge in [-0.2, -0.15) is 0 Å². The molecule has 0 radical (unpaired) electrons. The van der Waals surface area contributed by atoms with Crippen molar-refractivity contribution >= 4 is 18.3 Å². The highest BCUT2D eigenvalue weighted by molar-refractivity contribution is 5.85. The van der Waals surface area contributed by atoms with E-state index >= 15 is 0 Å². The molecule has 1 atom stereocenters. The predicted octanol–water partition coefficient (Wildman–Crippen LogP) is 1.83. The fourth-order valence-corrected chi connectivity index (χ4v) is 2.28. The molecule has 0 saturated carbocycles. The van der Waals surface area contributed by atoms with Gasteiger partial charge in [-0.15, -0.1) is 12.4 Å². The molecule has 1 fully saturated rings. The molecule has 1 aromatic rings. The maximum absolute atomic E-state index is 12.1. The number of amides is 1. The second-order valence-electron chi connectivity index (χ2n) is 5.00. The van der Waals surface area contributed by atoms with Gasteiger partial charge in [-0.25, -0.2) is 0 Å². The molecule has 18 heavy (non-hydrogen) atoms. The summed E-state index contributed by atoms with van der Waals surface area (Å²) in [6.07, 6.45) is 1.43. The van der Waals surface area contributed by atoms with E-state index < -0.39 is 0 Å². The summed E-state index contributed by atoms with van der Waals surface area (Å²) in [7, 11) is 0. The lowest BCUT2D eigenvalue weighted by Crippen LogP contribution is -2.33. The molecule has 1 heterocycles. The summed E-state index contributed by atoms with van der Waals surface area (Å²) >= 11 is 0. The molecule has 0 aromatic heterocycles. The Hall–Kier alpha value is -1.06. The first-order valence-corrected chi connectivity index (χ1v) is 6.16. The van der Waals surface area contributed by atoms with Crippen LogP contribution in [0.5, 0.6) is 0 Å². The first kappa shape index (κ1) is 15.0. The van der Waals surface area contributed by atoms with Crippen LogP contribution in [0.25, 0.3) is 0 Å². The van der Waals surface area contributed by atoms with Crippen LogP contribution in [0, 0.1) is 13.8 Å². The van der Waals surface area contributed by atoms with Crippen LogP contribution in [0.4, 0.5) is 0 Å². The SMILES string of the molecule is Cc1ccc(C)c(CC(=O)N2CCC(N)C2)c1.Cl. The molecule has 3 nitrogen and oxygen atoms in total. The molecule has 1 aromatic carbocycles. The second-order valence-corrected chi connectivity index (χ2v) is 5.00. The van der Waals surface area contributed by atoms with Crippen molar-refractivity contribution in [3.63, 3.8) is 0 Å². The summed E-state index contributed by atoms with van der Waals surface area (Å²) < 4.78 is 0. The van der Waals surface area contributed by atoms with E-state index in [1.54, 1.807) is 0 Å². The minimum absolute atomic E-state index is 0. The zero-order valence-electron chi connectivity index (χ0n) is 11.0. The van der Waals surface area contributed by atoms with Crippen LogP contribution in [0.3, 0.4) is 0 Å². The van der Waals surface area contributed by atoms with Crippen molar-refractivity contribution in [1.29, 1.82) is 0 Å². The third kappa shape index (κ3) is 3.47. The molecule has 100 valence electrons. The highest BCUT2D eigenvalue weighted by atomic mass is 35.5. The number of hydrogen-bond acceptors (Lipinski definition) is 2. The average molecular weight is 269 g/mol. The van der Waals surface area contributed by atoms with Gasteiger partial charge in [0.2, 0.25) is 5.91 Å². The van der Waals surface area contributed by atoms with Crippen LogP contribution in [-0.4, -0.2) is 29.9 Å². The summed E-state index contributed by atoms with van der Waals surface area (Å²) in [5, 5.41) is 0. The van der Waals surface area contributed by atoms with Gasteiger partial charge < -0.3 is 10.6 Å². The molecule has 0 bridgehead atoms. The molecule has 0 spiro atoms. The van der Waals surface area contributed by atoms with E-state index in [9.17, 15) is 4.79 Å². The van der Waals surface area contributed by atoms with Crippen LogP contribution in [0.15, 0.2) is 18.2 Å².